The Morgan fingerprint density at radius 2 is 1.67 bits per heavy atom. The van der Waals surface area contributed by atoms with Crippen LogP contribution in [0.5, 0.6) is 0 Å². The molecule has 0 bridgehead atoms. The number of hydrogen-bond acceptors (Lipinski definition) is 5. The Bertz CT molecular complexity index is 1240. The molecule has 0 saturated carbocycles. The van der Waals surface area contributed by atoms with Crippen molar-refractivity contribution >= 4 is 21.5 Å². The third-order valence-electron chi connectivity index (χ3n) is 7.79. The van der Waals surface area contributed by atoms with E-state index in [9.17, 15) is 13.2 Å². The summed E-state index contributed by atoms with van der Waals surface area (Å²) in [5.41, 5.74) is 3.12. The van der Waals surface area contributed by atoms with E-state index in [-0.39, 0.29) is 24.2 Å². The molecule has 0 N–H and O–H groups in total. The lowest BCUT2D eigenvalue weighted by atomic mass is 10.0. The Labute approximate surface area is 213 Å². The topological polar surface area (TPSA) is 60.9 Å². The molecule has 0 aromatic heterocycles. The molecule has 2 heterocycles. The van der Waals surface area contributed by atoms with E-state index in [0.717, 1.165) is 62.4 Å². The second-order valence-electron chi connectivity index (χ2n) is 10.1. The lowest BCUT2D eigenvalue weighted by Gasteiger charge is -2.39. The molecule has 3 aliphatic rings. The van der Waals surface area contributed by atoms with Crippen LogP contribution in [0.15, 0.2) is 60.3 Å². The number of piperazine rings is 1. The van der Waals surface area contributed by atoms with Crippen molar-refractivity contribution in [2.24, 2.45) is 0 Å². The van der Waals surface area contributed by atoms with Crippen molar-refractivity contribution in [1.82, 2.24) is 9.21 Å². The maximum absolute atomic E-state index is 15.3. The van der Waals surface area contributed by atoms with Crippen LogP contribution >= 0.6 is 0 Å². The molecule has 8 heteroatoms. The van der Waals surface area contributed by atoms with Gasteiger partial charge in [0.2, 0.25) is 10.0 Å². The summed E-state index contributed by atoms with van der Waals surface area (Å²) in [4.78, 5) is 16.2. The molecule has 36 heavy (non-hydrogen) atoms. The molecular weight excluding hydrogens is 477 g/mol. The van der Waals surface area contributed by atoms with E-state index < -0.39 is 15.3 Å². The van der Waals surface area contributed by atoms with Gasteiger partial charge in [-0.2, -0.15) is 4.31 Å². The van der Waals surface area contributed by atoms with Crippen molar-refractivity contribution in [3.05, 3.63) is 77.2 Å². The highest BCUT2D eigenvalue weighted by atomic mass is 32.2. The van der Waals surface area contributed by atoms with Crippen LogP contribution in [-0.2, 0) is 21.4 Å². The summed E-state index contributed by atoms with van der Waals surface area (Å²) in [6, 6.07) is 14.3. The fourth-order valence-electron chi connectivity index (χ4n) is 5.66. The third-order valence-corrected chi connectivity index (χ3v) is 10.2. The van der Waals surface area contributed by atoms with Gasteiger partial charge in [0.15, 0.2) is 5.78 Å². The van der Waals surface area contributed by atoms with Gasteiger partial charge >= 0.3 is 0 Å². The molecule has 2 aliphatic heterocycles. The smallest absolute Gasteiger partial charge is 0.221 e. The van der Waals surface area contributed by atoms with Crippen LogP contribution in [0.1, 0.15) is 55.4 Å². The third kappa shape index (κ3) is 5.06. The first-order valence-corrected chi connectivity index (χ1v) is 14.4. The van der Waals surface area contributed by atoms with Crippen LogP contribution in [0.2, 0.25) is 0 Å². The predicted octanol–water partition coefficient (Wildman–Crippen LogP) is 4.64. The Morgan fingerprint density at radius 3 is 2.36 bits per heavy atom. The molecule has 0 radical (unpaired) electrons. The molecule has 0 spiro atoms. The molecule has 2 atom stereocenters. The van der Waals surface area contributed by atoms with Crippen LogP contribution in [-0.4, -0.2) is 55.6 Å². The monoisotopic (exact) mass is 511 g/mol. The van der Waals surface area contributed by atoms with E-state index >= 15 is 4.39 Å². The predicted molar refractivity (Wildman–Crippen MR) is 139 cm³/mol. The van der Waals surface area contributed by atoms with E-state index in [0.29, 0.717) is 18.4 Å². The number of hydrogen-bond donors (Lipinski definition) is 0. The average molecular weight is 512 g/mol. The van der Waals surface area contributed by atoms with Crippen LogP contribution in [0, 0.1) is 5.82 Å². The Kier molecular flexibility index (Phi) is 7.17. The van der Waals surface area contributed by atoms with E-state index in [4.69, 9.17) is 0 Å². The standard InChI is InChI=1S/C28H34FN3O3S/c1-21-10-13-28(22-6-3-2-4-7-22)36(34,35)32(21)20-23-11-12-25(19-27(23)29)31-16-14-30(15-17-31)24-8-5-9-26(33)18-24/h2-4,6-7,11-12,18-19,21,28H,5,8-10,13-17,20H2,1H3/t21-,28?/m0/s1. The number of benzene rings is 2. The summed E-state index contributed by atoms with van der Waals surface area (Å²) in [5, 5.41) is -0.594. The van der Waals surface area contributed by atoms with Crippen molar-refractivity contribution < 1.29 is 17.6 Å². The molecule has 1 unspecified atom stereocenters. The minimum Gasteiger partial charge on any atom is -0.371 e. The number of allylic oxidation sites excluding steroid dienone is 2. The second kappa shape index (κ2) is 10.3. The summed E-state index contributed by atoms with van der Waals surface area (Å²) >= 11 is 0. The molecular formula is C28H34FN3O3S. The van der Waals surface area contributed by atoms with E-state index in [1.807, 2.05) is 43.3 Å². The molecule has 6 nitrogen and oxygen atoms in total. The van der Waals surface area contributed by atoms with Gasteiger partial charge < -0.3 is 9.80 Å². The van der Waals surface area contributed by atoms with Crippen LogP contribution in [0.3, 0.4) is 0 Å². The molecule has 0 amide bonds. The summed E-state index contributed by atoms with van der Waals surface area (Å²) in [6.07, 6.45) is 5.59. The zero-order valence-corrected chi connectivity index (χ0v) is 21.6. The number of anilines is 1. The molecule has 5 rings (SSSR count). The van der Waals surface area contributed by atoms with Crippen molar-refractivity contribution in [2.45, 2.75) is 56.9 Å². The fraction of sp³-hybridized carbons (Fsp3) is 0.464. The van der Waals surface area contributed by atoms with Gasteiger partial charge in [-0.05, 0) is 50.3 Å². The van der Waals surface area contributed by atoms with E-state index in [1.165, 1.54) is 10.4 Å². The Balaban J connectivity index is 1.27. The van der Waals surface area contributed by atoms with Gasteiger partial charge in [-0.15, -0.1) is 0 Å². The fourth-order valence-corrected chi connectivity index (χ4v) is 7.84. The molecule has 2 saturated heterocycles. The largest absolute Gasteiger partial charge is 0.371 e. The minimum absolute atomic E-state index is 0.0366. The quantitative estimate of drug-likeness (QED) is 0.585. The van der Waals surface area contributed by atoms with Crippen molar-refractivity contribution in [3.63, 3.8) is 0 Å². The number of sulfonamides is 1. The van der Waals surface area contributed by atoms with Crippen LogP contribution in [0.4, 0.5) is 10.1 Å². The molecule has 2 aromatic rings. The van der Waals surface area contributed by atoms with Gasteiger partial charge in [-0.25, -0.2) is 12.8 Å². The van der Waals surface area contributed by atoms with E-state index in [1.54, 1.807) is 12.1 Å². The number of ketones is 1. The minimum atomic E-state index is -3.61. The molecule has 192 valence electrons. The lowest BCUT2D eigenvalue weighted by Crippen LogP contribution is -2.46. The zero-order chi connectivity index (χ0) is 25.3. The van der Waals surface area contributed by atoms with E-state index in [2.05, 4.69) is 9.80 Å². The molecule has 1 aliphatic carbocycles. The summed E-state index contributed by atoms with van der Waals surface area (Å²) in [5.74, 6) is -0.170. The summed E-state index contributed by atoms with van der Waals surface area (Å²) < 4.78 is 43.7. The summed E-state index contributed by atoms with van der Waals surface area (Å²) in [7, 11) is -3.61. The van der Waals surface area contributed by atoms with Gasteiger partial charge in [0.1, 0.15) is 11.1 Å². The first-order chi connectivity index (χ1) is 17.3. The second-order valence-corrected chi connectivity index (χ2v) is 12.2. The highest BCUT2D eigenvalue weighted by molar-refractivity contribution is 7.89. The number of carbonyl (C=O) groups excluding carboxylic acids is 1. The Morgan fingerprint density at radius 1 is 0.944 bits per heavy atom. The molecule has 2 aromatic carbocycles. The van der Waals surface area contributed by atoms with Crippen LogP contribution < -0.4 is 4.90 Å². The SMILES string of the molecule is C[C@H]1CCC(c2ccccc2)S(=O)(=O)N1Cc1ccc(N2CCN(C3=CC(=O)CCC3)CC2)cc1F. The maximum Gasteiger partial charge on any atom is 0.221 e. The van der Waals surface area contributed by atoms with Crippen molar-refractivity contribution in [1.29, 1.82) is 0 Å². The van der Waals surface area contributed by atoms with Gasteiger partial charge in [0, 0.05) is 68.2 Å². The number of halogens is 1. The normalized spacial score (nSPS) is 25.1. The van der Waals surface area contributed by atoms with Gasteiger partial charge in [0.05, 0.1) is 0 Å². The highest BCUT2D eigenvalue weighted by Gasteiger charge is 2.40. The Hall–Kier alpha value is -2.71. The number of carbonyl (C=O) groups is 1. The lowest BCUT2D eigenvalue weighted by molar-refractivity contribution is -0.115. The van der Waals surface area contributed by atoms with Gasteiger partial charge in [-0.3, -0.25) is 4.79 Å². The first kappa shape index (κ1) is 25.0. The van der Waals surface area contributed by atoms with Gasteiger partial charge in [0.25, 0.3) is 0 Å². The number of rotatable bonds is 5. The van der Waals surface area contributed by atoms with Crippen molar-refractivity contribution in [2.75, 3.05) is 31.1 Å². The average Bonchev–Trinajstić information content (AvgIpc) is 2.88. The van der Waals surface area contributed by atoms with Crippen LogP contribution in [0.25, 0.3) is 0 Å². The molecule has 2 fully saturated rings. The summed E-state index contributed by atoms with van der Waals surface area (Å²) in [6.45, 7) is 5.04. The number of nitrogens with zero attached hydrogens (tertiary/aromatic N) is 3. The van der Waals surface area contributed by atoms with Gasteiger partial charge in [-0.1, -0.05) is 36.4 Å². The van der Waals surface area contributed by atoms with Crippen molar-refractivity contribution in [3.8, 4) is 0 Å². The highest BCUT2D eigenvalue weighted by Crippen LogP contribution is 2.38. The maximum atomic E-state index is 15.3. The zero-order valence-electron chi connectivity index (χ0n) is 20.8. The first-order valence-electron chi connectivity index (χ1n) is 12.9.